The van der Waals surface area contributed by atoms with Crippen molar-refractivity contribution in [3.63, 3.8) is 0 Å². The number of carbonyl (C=O) groups is 1. The Balaban J connectivity index is 1.82. The highest BCUT2D eigenvalue weighted by atomic mass is 32.2. The molecule has 7 nitrogen and oxygen atoms in total. The first kappa shape index (κ1) is 23.1. The van der Waals surface area contributed by atoms with Crippen molar-refractivity contribution in [1.82, 2.24) is 5.32 Å². The molecule has 0 aliphatic rings. The number of carbonyl (C=O) groups excluding carboxylic acids is 1. The molecule has 0 bridgehead atoms. The van der Waals surface area contributed by atoms with E-state index in [4.69, 9.17) is 9.47 Å². The first-order valence-electron chi connectivity index (χ1n) is 9.93. The third-order valence-electron chi connectivity index (χ3n) is 5.08. The van der Waals surface area contributed by atoms with Gasteiger partial charge in [-0.25, -0.2) is 8.42 Å². The van der Waals surface area contributed by atoms with E-state index in [2.05, 4.69) is 10.0 Å². The highest BCUT2D eigenvalue weighted by Gasteiger charge is 2.19. The third kappa shape index (κ3) is 5.20. The summed E-state index contributed by atoms with van der Waals surface area (Å²) < 4.78 is 39.0. The van der Waals surface area contributed by atoms with Crippen molar-refractivity contribution in [3.05, 3.63) is 82.9 Å². The first-order chi connectivity index (χ1) is 15.2. The molecule has 0 aliphatic carbocycles. The minimum absolute atomic E-state index is 0.00969. The molecule has 32 heavy (non-hydrogen) atoms. The van der Waals surface area contributed by atoms with Gasteiger partial charge >= 0.3 is 0 Å². The van der Waals surface area contributed by atoms with Gasteiger partial charge in [0, 0.05) is 17.7 Å². The Morgan fingerprint density at radius 2 is 1.66 bits per heavy atom. The van der Waals surface area contributed by atoms with Gasteiger partial charge in [-0.1, -0.05) is 24.3 Å². The van der Waals surface area contributed by atoms with Gasteiger partial charge in [-0.05, 0) is 61.4 Å². The zero-order chi connectivity index (χ0) is 23.3. The van der Waals surface area contributed by atoms with Crippen molar-refractivity contribution in [1.29, 1.82) is 0 Å². The zero-order valence-electron chi connectivity index (χ0n) is 18.4. The number of benzene rings is 3. The van der Waals surface area contributed by atoms with Crippen LogP contribution in [0.4, 0.5) is 5.69 Å². The highest BCUT2D eigenvalue weighted by molar-refractivity contribution is 7.92. The predicted molar refractivity (Wildman–Crippen MR) is 124 cm³/mol. The van der Waals surface area contributed by atoms with E-state index in [1.165, 1.54) is 12.1 Å². The number of methoxy groups -OCH3 is 2. The largest absolute Gasteiger partial charge is 0.497 e. The van der Waals surface area contributed by atoms with Gasteiger partial charge in [0.05, 0.1) is 24.8 Å². The number of para-hydroxylation sites is 1. The van der Waals surface area contributed by atoms with E-state index >= 15 is 0 Å². The molecule has 1 amide bonds. The van der Waals surface area contributed by atoms with Gasteiger partial charge in [-0.2, -0.15) is 0 Å². The van der Waals surface area contributed by atoms with Crippen LogP contribution in [0.25, 0.3) is 0 Å². The Bertz CT molecular complexity index is 1240. The van der Waals surface area contributed by atoms with Crippen LogP contribution in [0.1, 0.15) is 27.0 Å². The lowest BCUT2D eigenvalue weighted by atomic mass is 10.1. The molecule has 3 aromatic carbocycles. The number of amides is 1. The molecule has 0 aromatic heterocycles. The lowest BCUT2D eigenvalue weighted by molar-refractivity contribution is 0.0950. The molecule has 0 heterocycles. The molecule has 168 valence electrons. The van der Waals surface area contributed by atoms with Crippen molar-refractivity contribution in [3.8, 4) is 11.5 Å². The first-order valence-corrected chi connectivity index (χ1v) is 11.4. The van der Waals surface area contributed by atoms with Crippen LogP contribution >= 0.6 is 0 Å². The van der Waals surface area contributed by atoms with Crippen molar-refractivity contribution < 1.29 is 22.7 Å². The maximum atomic E-state index is 12.9. The monoisotopic (exact) mass is 454 g/mol. The summed E-state index contributed by atoms with van der Waals surface area (Å²) in [6.45, 7) is 3.77. The smallest absolute Gasteiger partial charge is 0.261 e. The average Bonchev–Trinajstić information content (AvgIpc) is 2.78. The summed E-state index contributed by atoms with van der Waals surface area (Å²) in [6, 6.07) is 16.9. The van der Waals surface area contributed by atoms with Crippen molar-refractivity contribution in [2.75, 3.05) is 18.9 Å². The topological polar surface area (TPSA) is 93.7 Å². The van der Waals surface area contributed by atoms with Gasteiger partial charge in [0.2, 0.25) is 0 Å². The maximum Gasteiger partial charge on any atom is 0.261 e. The van der Waals surface area contributed by atoms with Gasteiger partial charge in [-0.3, -0.25) is 9.52 Å². The number of nitrogens with one attached hydrogen (secondary N) is 2. The van der Waals surface area contributed by atoms with Crippen LogP contribution in [-0.2, 0) is 16.6 Å². The minimum Gasteiger partial charge on any atom is -0.497 e. The van der Waals surface area contributed by atoms with Gasteiger partial charge < -0.3 is 14.8 Å². The second-order valence-electron chi connectivity index (χ2n) is 7.26. The molecule has 3 aromatic rings. The number of hydrogen-bond donors (Lipinski definition) is 2. The SMILES string of the molecule is COc1ccc(OC)c(CNC(=O)c2cc(S(=O)(=O)Nc3ccccc3C)ccc2C)c1. The number of sulfonamides is 1. The quantitative estimate of drug-likeness (QED) is 0.536. The van der Waals surface area contributed by atoms with Crippen LogP contribution in [0.3, 0.4) is 0 Å². The molecule has 0 fully saturated rings. The summed E-state index contributed by atoms with van der Waals surface area (Å²) >= 11 is 0. The number of aryl methyl sites for hydroxylation is 2. The lowest BCUT2D eigenvalue weighted by Crippen LogP contribution is -2.24. The van der Waals surface area contributed by atoms with Crippen LogP contribution in [0.15, 0.2) is 65.6 Å². The molecule has 2 N–H and O–H groups in total. The molecular weight excluding hydrogens is 428 g/mol. The molecule has 0 radical (unpaired) electrons. The summed E-state index contributed by atoms with van der Waals surface area (Å²) in [5.74, 6) is 0.864. The molecule has 0 aliphatic heterocycles. The van der Waals surface area contributed by atoms with Gasteiger partial charge in [-0.15, -0.1) is 0 Å². The van der Waals surface area contributed by atoms with Crippen molar-refractivity contribution in [2.24, 2.45) is 0 Å². The van der Waals surface area contributed by atoms with E-state index in [0.29, 0.717) is 22.7 Å². The summed E-state index contributed by atoms with van der Waals surface area (Å²) in [5.41, 5.74) is 2.97. The fraction of sp³-hybridized carbons (Fsp3) is 0.208. The molecule has 0 saturated carbocycles. The standard InChI is InChI=1S/C24H26N2O5S/c1-16-9-11-20(32(28,29)26-22-8-6-5-7-17(22)2)14-21(16)24(27)25-15-18-13-19(30-3)10-12-23(18)31-4/h5-14,26H,15H2,1-4H3,(H,25,27). The van der Waals surface area contributed by atoms with Crippen LogP contribution in [0.2, 0.25) is 0 Å². The van der Waals surface area contributed by atoms with Crippen molar-refractivity contribution in [2.45, 2.75) is 25.3 Å². The summed E-state index contributed by atoms with van der Waals surface area (Å²) in [6.07, 6.45) is 0. The average molecular weight is 455 g/mol. The van der Waals surface area contributed by atoms with E-state index in [-0.39, 0.29) is 22.9 Å². The number of hydrogen-bond acceptors (Lipinski definition) is 5. The maximum absolute atomic E-state index is 12.9. The molecule has 8 heteroatoms. The van der Waals surface area contributed by atoms with Crippen LogP contribution < -0.4 is 19.5 Å². The van der Waals surface area contributed by atoms with Crippen LogP contribution in [-0.4, -0.2) is 28.5 Å². The fourth-order valence-corrected chi connectivity index (χ4v) is 4.35. The second kappa shape index (κ2) is 9.74. The fourth-order valence-electron chi connectivity index (χ4n) is 3.19. The Morgan fingerprint density at radius 1 is 0.906 bits per heavy atom. The Kier molecular flexibility index (Phi) is 7.05. The van der Waals surface area contributed by atoms with Crippen LogP contribution in [0.5, 0.6) is 11.5 Å². The molecular formula is C24H26N2O5S. The highest BCUT2D eigenvalue weighted by Crippen LogP contribution is 2.25. The summed E-state index contributed by atoms with van der Waals surface area (Å²) in [4.78, 5) is 12.9. The molecule has 0 unspecified atom stereocenters. The van der Waals surface area contributed by atoms with Gasteiger partial charge in [0.25, 0.3) is 15.9 Å². The molecule has 0 spiro atoms. The van der Waals surface area contributed by atoms with Crippen molar-refractivity contribution >= 4 is 21.6 Å². The lowest BCUT2D eigenvalue weighted by Gasteiger charge is -2.14. The van der Waals surface area contributed by atoms with Crippen LogP contribution in [0, 0.1) is 13.8 Å². The molecule has 0 atom stereocenters. The third-order valence-corrected chi connectivity index (χ3v) is 6.44. The Hall–Kier alpha value is -3.52. The van der Waals surface area contributed by atoms with Gasteiger partial charge in [0.15, 0.2) is 0 Å². The van der Waals surface area contributed by atoms with E-state index in [1.54, 1.807) is 57.5 Å². The van der Waals surface area contributed by atoms with E-state index < -0.39 is 10.0 Å². The van der Waals surface area contributed by atoms with Gasteiger partial charge in [0.1, 0.15) is 11.5 Å². The van der Waals surface area contributed by atoms with E-state index in [9.17, 15) is 13.2 Å². The summed E-state index contributed by atoms with van der Waals surface area (Å²) in [7, 11) is -0.753. The molecule has 0 saturated heterocycles. The normalized spacial score (nSPS) is 11.0. The number of ether oxygens (including phenoxy) is 2. The minimum atomic E-state index is -3.86. The summed E-state index contributed by atoms with van der Waals surface area (Å²) in [5, 5.41) is 2.83. The Morgan fingerprint density at radius 3 is 2.34 bits per heavy atom. The number of anilines is 1. The molecule has 3 rings (SSSR count). The van der Waals surface area contributed by atoms with E-state index in [0.717, 1.165) is 11.1 Å². The Labute approximate surface area is 188 Å². The van der Waals surface area contributed by atoms with E-state index in [1.807, 2.05) is 19.1 Å². The zero-order valence-corrected chi connectivity index (χ0v) is 19.2. The number of rotatable bonds is 8. The predicted octanol–water partition coefficient (Wildman–Crippen LogP) is 4.05. The second-order valence-corrected chi connectivity index (χ2v) is 8.94.